The first-order valence-electron chi connectivity index (χ1n) is 6.34. The van der Waals surface area contributed by atoms with Gasteiger partial charge in [-0.3, -0.25) is 0 Å². The second-order valence-corrected chi connectivity index (χ2v) is 4.58. The van der Waals surface area contributed by atoms with Crippen LogP contribution in [0.1, 0.15) is 0 Å². The maximum atomic E-state index is 13.0. The van der Waals surface area contributed by atoms with E-state index in [1.807, 2.05) is 30.3 Å². The average Bonchev–Trinajstić information content (AvgIpc) is 2.94. The van der Waals surface area contributed by atoms with Gasteiger partial charge in [0.2, 0.25) is 0 Å². The predicted molar refractivity (Wildman–Crippen MR) is 78.3 cm³/mol. The maximum Gasteiger partial charge on any atom is 0.329 e. The summed E-state index contributed by atoms with van der Waals surface area (Å²) in [6.07, 6.45) is 0. The largest absolute Gasteiger partial charge is 0.358 e. The fourth-order valence-electron chi connectivity index (χ4n) is 2.21. The van der Waals surface area contributed by atoms with Crippen LogP contribution >= 0.6 is 0 Å². The molecule has 1 aromatic heterocycles. The monoisotopic (exact) mass is 282 g/mol. The van der Waals surface area contributed by atoms with E-state index in [4.69, 9.17) is 0 Å². The summed E-state index contributed by atoms with van der Waals surface area (Å²) < 4.78 is 13.0. The molecule has 0 saturated carbocycles. The Hall–Kier alpha value is -2.95. The number of nitro groups is 1. The number of aromatic amines is 1. The van der Waals surface area contributed by atoms with E-state index in [-0.39, 0.29) is 11.6 Å². The van der Waals surface area contributed by atoms with Gasteiger partial charge in [0.05, 0.1) is 5.56 Å². The zero-order valence-electron chi connectivity index (χ0n) is 10.9. The third-order valence-corrected chi connectivity index (χ3v) is 3.22. The maximum absolute atomic E-state index is 13.0. The number of hydrogen-bond donors (Lipinski definition) is 1. The lowest BCUT2D eigenvalue weighted by atomic mass is 10.1. The summed E-state index contributed by atoms with van der Waals surface area (Å²) in [6, 6.07) is 16.6. The Morgan fingerprint density at radius 3 is 2.24 bits per heavy atom. The zero-order chi connectivity index (χ0) is 14.8. The number of benzene rings is 2. The van der Waals surface area contributed by atoms with Crippen LogP contribution in [0.3, 0.4) is 0 Å². The molecule has 1 N–H and O–H groups in total. The van der Waals surface area contributed by atoms with Crippen LogP contribution in [0.4, 0.5) is 10.2 Å². The highest BCUT2D eigenvalue weighted by Crippen LogP contribution is 2.34. The van der Waals surface area contributed by atoms with Gasteiger partial charge in [0.1, 0.15) is 11.5 Å². The van der Waals surface area contributed by atoms with E-state index < -0.39 is 4.92 Å². The number of halogens is 1. The number of H-pyrrole nitrogens is 1. The van der Waals surface area contributed by atoms with Gasteiger partial charge in [0, 0.05) is 11.6 Å². The molecule has 21 heavy (non-hydrogen) atoms. The fourth-order valence-corrected chi connectivity index (χ4v) is 2.21. The lowest BCUT2D eigenvalue weighted by Gasteiger charge is -1.97. The SMILES string of the molecule is O=[N+]([O-])c1[nH]c(-c2ccc(F)cc2)cc1-c1ccccc1. The molecule has 0 aliphatic carbocycles. The van der Waals surface area contributed by atoms with Crippen molar-refractivity contribution in [2.45, 2.75) is 0 Å². The molecule has 0 bridgehead atoms. The summed E-state index contributed by atoms with van der Waals surface area (Å²) in [5, 5.41) is 11.2. The summed E-state index contributed by atoms with van der Waals surface area (Å²) in [5.41, 5.74) is 2.55. The van der Waals surface area contributed by atoms with E-state index in [1.54, 1.807) is 18.2 Å². The molecule has 0 radical (unpaired) electrons. The Morgan fingerprint density at radius 1 is 0.952 bits per heavy atom. The van der Waals surface area contributed by atoms with Crippen molar-refractivity contribution in [1.82, 2.24) is 4.98 Å². The smallest absolute Gasteiger partial charge is 0.329 e. The summed E-state index contributed by atoms with van der Waals surface area (Å²) >= 11 is 0. The number of nitrogens with one attached hydrogen (secondary N) is 1. The van der Waals surface area contributed by atoms with E-state index in [0.717, 1.165) is 5.56 Å². The molecule has 0 aliphatic heterocycles. The summed E-state index contributed by atoms with van der Waals surface area (Å²) in [7, 11) is 0. The van der Waals surface area contributed by atoms with Crippen LogP contribution in [-0.2, 0) is 0 Å². The van der Waals surface area contributed by atoms with E-state index in [9.17, 15) is 14.5 Å². The van der Waals surface area contributed by atoms with Crippen molar-refractivity contribution in [1.29, 1.82) is 0 Å². The van der Waals surface area contributed by atoms with Gasteiger partial charge in [-0.05, 0) is 34.8 Å². The highest BCUT2D eigenvalue weighted by molar-refractivity contribution is 5.78. The quantitative estimate of drug-likeness (QED) is 0.572. The lowest BCUT2D eigenvalue weighted by molar-refractivity contribution is -0.388. The first-order chi connectivity index (χ1) is 10.1. The molecule has 3 rings (SSSR count). The number of nitrogens with zero attached hydrogens (tertiary/aromatic N) is 1. The minimum absolute atomic E-state index is 0.0690. The standard InChI is InChI=1S/C16H11FN2O2/c17-13-8-6-12(7-9-13)15-10-14(16(18-15)19(20)21)11-4-2-1-3-5-11/h1-10,18H. The first-order valence-corrected chi connectivity index (χ1v) is 6.34. The predicted octanol–water partition coefficient (Wildman–Crippen LogP) is 4.40. The molecule has 0 spiro atoms. The van der Waals surface area contributed by atoms with Gasteiger partial charge >= 0.3 is 5.82 Å². The molecular formula is C16H11FN2O2. The van der Waals surface area contributed by atoms with Gasteiger partial charge in [-0.2, -0.15) is 0 Å². The Balaban J connectivity index is 2.13. The highest BCUT2D eigenvalue weighted by atomic mass is 19.1. The molecule has 4 nitrogen and oxygen atoms in total. The van der Waals surface area contributed by atoms with Gasteiger partial charge in [-0.1, -0.05) is 30.3 Å². The van der Waals surface area contributed by atoms with Crippen LogP contribution in [0.15, 0.2) is 60.7 Å². The summed E-state index contributed by atoms with van der Waals surface area (Å²) in [5.74, 6) is -0.413. The second-order valence-electron chi connectivity index (χ2n) is 4.58. The second kappa shape index (κ2) is 5.20. The van der Waals surface area contributed by atoms with E-state index in [0.29, 0.717) is 16.8 Å². The molecule has 0 amide bonds. The molecular weight excluding hydrogens is 271 g/mol. The fraction of sp³-hybridized carbons (Fsp3) is 0. The van der Waals surface area contributed by atoms with Gasteiger partial charge in [0.25, 0.3) is 0 Å². The summed E-state index contributed by atoms with van der Waals surface area (Å²) in [4.78, 5) is 13.6. The third-order valence-electron chi connectivity index (χ3n) is 3.22. The molecule has 104 valence electrons. The van der Waals surface area contributed by atoms with Crippen LogP contribution in [0, 0.1) is 15.9 Å². The lowest BCUT2D eigenvalue weighted by Crippen LogP contribution is -1.90. The van der Waals surface area contributed by atoms with Gasteiger partial charge < -0.3 is 10.1 Å². The highest BCUT2D eigenvalue weighted by Gasteiger charge is 2.19. The van der Waals surface area contributed by atoms with Gasteiger partial charge in [-0.25, -0.2) is 9.37 Å². The van der Waals surface area contributed by atoms with Crippen LogP contribution in [-0.4, -0.2) is 9.91 Å². The van der Waals surface area contributed by atoms with Crippen LogP contribution in [0.25, 0.3) is 22.4 Å². The summed E-state index contributed by atoms with van der Waals surface area (Å²) in [6.45, 7) is 0. The van der Waals surface area contributed by atoms with E-state index in [2.05, 4.69) is 4.98 Å². The molecule has 3 aromatic rings. The Kier molecular flexibility index (Phi) is 3.23. The van der Waals surface area contributed by atoms with Crippen molar-refractivity contribution in [3.05, 3.63) is 76.6 Å². The Morgan fingerprint density at radius 2 is 1.62 bits per heavy atom. The van der Waals surface area contributed by atoms with Gasteiger partial charge in [0.15, 0.2) is 0 Å². The molecule has 0 atom stereocenters. The minimum atomic E-state index is -0.449. The number of aromatic nitrogens is 1. The van der Waals surface area contributed by atoms with E-state index >= 15 is 0 Å². The molecule has 0 fully saturated rings. The van der Waals surface area contributed by atoms with E-state index in [1.165, 1.54) is 12.1 Å². The zero-order valence-corrected chi connectivity index (χ0v) is 10.9. The molecule has 1 heterocycles. The average molecular weight is 282 g/mol. The number of hydrogen-bond acceptors (Lipinski definition) is 2. The molecule has 5 heteroatoms. The first kappa shape index (κ1) is 13.1. The molecule has 0 aliphatic rings. The van der Waals surface area contributed by atoms with Crippen LogP contribution < -0.4 is 0 Å². The molecule has 0 unspecified atom stereocenters. The van der Waals surface area contributed by atoms with Crippen molar-refractivity contribution in [2.75, 3.05) is 0 Å². The van der Waals surface area contributed by atoms with Gasteiger partial charge in [-0.15, -0.1) is 0 Å². The van der Waals surface area contributed by atoms with Crippen molar-refractivity contribution < 1.29 is 9.31 Å². The third kappa shape index (κ3) is 2.53. The van der Waals surface area contributed by atoms with Crippen molar-refractivity contribution in [2.24, 2.45) is 0 Å². The Bertz CT molecular complexity index is 780. The van der Waals surface area contributed by atoms with Crippen molar-refractivity contribution in [3.63, 3.8) is 0 Å². The van der Waals surface area contributed by atoms with Crippen molar-refractivity contribution in [3.8, 4) is 22.4 Å². The van der Waals surface area contributed by atoms with Crippen LogP contribution in [0.5, 0.6) is 0 Å². The molecule has 2 aromatic carbocycles. The Labute approximate surface area is 120 Å². The van der Waals surface area contributed by atoms with Crippen molar-refractivity contribution >= 4 is 5.82 Å². The van der Waals surface area contributed by atoms with Crippen LogP contribution in [0.2, 0.25) is 0 Å². The topological polar surface area (TPSA) is 58.9 Å². The number of rotatable bonds is 3. The molecule has 0 saturated heterocycles. The normalized spacial score (nSPS) is 10.5. The minimum Gasteiger partial charge on any atom is -0.358 e.